The molecule has 0 amide bonds. The van der Waals surface area contributed by atoms with E-state index < -0.39 is 30.5 Å². The standard InChI is InChI=1S/C20H20N2O6/c23-12(10-21-17(20(26)27)9-18(24)25)11-28-22-19-15-7-3-1-5-13(15)14-6-2-4-8-16(14)19/h1-8,12,17,21,23H,9-11H2,(H,24,25)(H,26,27)/p-1/t12-,17-/m0/s1. The topological polar surface area (TPSA) is 139 Å². The number of carbonyl (C=O) groups excluding carboxylic acids is 2. The molecule has 0 aromatic heterocycles. The molecule has 8 heteroatoms. The number of nitrogens with zero attached hydrogens (tertiary/aromatic N) is 1. The van der Waals surface area contributed by atoms with Crippen LogP contribution in [0.2, 0.25) is 0 Å². The number of hydrogen-bond acceptors (Lipinski definition) is 7. The molecule has 0 unspecified atom stereocenters. The number of oxime groups is 1. The summed E-state index contributed by atoms with van der Waals surface area (Å²) in [5.74, 6) is -3.03. The lowest BCUT2D eigenvalue weighted by atomic mass is 10.1. The highest BCUT2D eigenvalue weighted by molar-refractivity contribution is 6.24. The molecule has 146 valence electrons. The van der Waals surface area contributed by atoms with Crippen LogP contribution in [0.1, 0.15) is 17.5 Å². The van der Waals surface area contributed by atoms with Crippen LogP contribution in [0.5, 0.6) is 0 Å². The Kier molecular flexibility index (Phi) is 6.03. The zero-order valence-corrected chi connectivity index (χ0v) is 14.9. The molecule has 2 aromatic carbocycles. The zero-order chi connectivity index (χ0) is 20.1. The van der Waals surface area contributed by atoms with Gasteiger partial charge < -0.3 is 35.1 Å². The van der Waals surface area contributed by atoms with E-state index in [9.17, 15) is 24.9 Å². The van der Waals surface area contributed by atoms with Gasteiger partial charge in [-0.05, 0) is 11.1 Å². The Balaban J connectivity index is 1.62. The third kappa shape index (κ3) is 4.36. The number of quaternary nitrogens is 1. The maximum Gasteiger partial charge on any atom is 0.148 e. The van der Waals surface area contributed by atoms with Crippen molar-refractivity contribution < 1.29 is 35.1 Å². The summed E-state index contributed by atoms with van der Waals surface area (Å²) in [6.45, 7) is -0.251. The van der Waals surface area contributed by atoms with E-state index in [1.807, 2.05) is 48.5 Å². The van der Waals surface area contributed by atoms with E-state index in [0.29, 0.717) is 5.71 Å². The van der Waals surface area contributed by atoms with E-state index in [1.165, 1.54) is 5.32 Å². The van der Waals surface area contributed by atoms with Crippen molar-refractivity contribution in [3.05, 3.63) is 59.7 Å². The number of rotatable bonds is 9. The fourth-order valence-corrected chi connectivity index (χ4v) is 3.11. The van der Waals surface area contributed by atoms with Crippen LogP contribution in [0.3, 0.4) is 0 Å². The highest BCUT2D eigenvalue weighted by atomic mass is 16.6. The van der Waals surface area contributed by atoms with E-state index >= 15 is 0 Å². The number of carboxylic acid groups (broad SMARTS) is 2. The summed E-state index contributed by atoms with van der Waals surface area (Å²) in [5, 5.41) is 36.8. The van der Waals surface area contributed by atoms with Crippen molar-refractivity contribution in [1.82, 2.24) is 0 Å². The van der Waals surface area contributed by atoms with Crippen molar-refractivity contribution >= 4 is 17.7 Å². The van der Waals surface area contributed by atoms with Crippen LogP contribution in [-0.2, 0) is 14.4 Å². The van der Waals surface area contributed by atoms with Gasteiger partial charge in [-0.15, -0.1) is 0 Å². The predicted octanol–water partition coefficient (Wildman–Crippen LogP) is -2.38. The Morgan fingerprint density at radius 3 is 2.04 bits per heavy atom. The third-order valence-electron chi connectivity index (χ3n) is 4.46. The molecule has 28 heavy (non-hydrogen) atoms. The number of nitrogens with two attached hydrogens (primary N) is 1. The predicted molar refractivity (Wildman–Crippen MR) is 94.7 cm³/mol. The second kappa shape index (κ2) is 8.64. The fraction of sp³-hybridized carbons (Fsp3) is 0.250. The summed E-state index contributed by atoms with van der Waals surface area (Å²) in [6.07, 6.45) is -1.74. The van der Waals surface area contributed by atoms with Crippen LogP contribution in [0.4, 0.5) is 0 Å². The highest BCUT2D eigenvalue weighted by Gasteiger charge is 2.24. The molecule has 3 rings (SSSR count). The van der Waals surface area contributed by atoms with Crippen LogP contribution in [-0.4, -0.2) is 48.1 Å². The van der Waals surface area contributed by atoms with Crippen LogP contribution >= 0.6 is 0 Å². The first kappa shape index (κ1) is 19.5. The summed E-state index contributed by atoms with van der Waals surface area (Å²) < 4.78 is 0. The molecule has 0 saturated heterocycles. The van der Waals surface area contributed by atoms with E-state index in [0.717, 1.165) is 22.3 Å². The second-order valence-electron chi connectivity index (χ2n) is 6.45. The lowest BCUT2D eigenvalue weighted by molar-refractivity contribution is -0.688. The van der Waals surface area contributed by atoms with Crippen molar-refractivity contribution in [2.75, 3.05) is 13.2 Å². The summed E-state index contributed by atoms with van der Waals surface area (Å²) in [7, 11) is 0. The molecular weight excluding hydrogens is 364 g/mol. The summed E-state index contributed by atoms with van der Waals surface area (Å²) in [5.41, 5.74) is 4.61. The van der Waals surface area contributed by atoms with Crippen molar-refractivity contribution in [2.45, 2.75) is 18.6 Å². The summed E-state index contributed by atoms with van der Waals surface area (Å²) in [6, 6.07) is 14.2. The fourth-order valence-electron chi connectivity index (χ4n) is 3.11. The largest absolute Gasteiger partial charge is 0.550 e. The molecule has 1 aliphatic carbocycles. The van der Waals surface area contributed by atoms with Gasteiger partial charge in [-0.2, -0.15) is 0 Å². The molecule has 2 aromatic rings. The normalized spacial score (nSPS) is 14.0. The van der Waals surface area contributed by atoms with Crippen molar-refractivity contribution in [2.24, 2.45) is 5.16 Å². The van der Waals surface area contributed by atoms with Gasteiger partial charge in [0.05, 0.1) is 5.97 Å². The van der Waals surface area contributed by atoms with Gasteiger partial charge in [-0.3, -0.25) is 0 Å². The number of aliphatic hydroxyl groups is 1. The zero-order valence-electron chi connectivity index (χ0n) is 14.9. The number of hydrogen-bond donors (Lipinski definition) is 2. The molecule has 3 N–H and O–H groups in total. The maximum atomic E-state index is 10.9. The number of aliphatic carboxylic acids is 2. The number of benzene rings is 2. The maximum absolute atomic E-state index is 10.9. The molecule has 2 atom stereocenters. The smallest absolute Gasteiger partial charge is 0.148 e. The molecule has 0 radical (unpaired) electrons. The van der Waals surface area contributed by atoms with Gasteiger partial charge in [0, 0.05) is 23.5 Å². The van der Waals surface area contributed by atoms with E-state index in [4.69, 9.17) is 4.84 Å². The highest BCUT2D eigenvalue weighted by Crippen LogP contribution is 2.36. The molecule has 0 saturated carbocycles. The first-order chi connectivity index (χ1) is 13.5. The first-order valence-corrected chi connectivity index (χ1v) is 8.78. The molecule has 0 heterocycles. The number of aliphatic hydroxyl groups excluding tert-OH is 1. The molecule has 0 aliphatic heterocycles. The van der Waals surface area contributed by atoms with E-state index in [-0.39, 0.29) is 13.2 Å². The van der Waals surface area contributed by atoms with Crippen molar-refractivity contribution in [3.63, 3.8) is 0 Å². The monoisotopic (exact) mass is 383 g/mol. The minimum Gasteiger partial charge on any atom is -0.550 e. The van der Waals surface area contributed by atoms with Gasteiger partial charge in [0.15, 0.2) is 0 Å². The van der Waals surface area contributed by atoms with Gasteiger partial charge in [-0.25, -0.2) is 0 Å². The Morgan fingerprint density at radius 1 is 1.00 bits per heavy atom. The lowest BCUT2D eigenvalue weighted by Crippen LogP contribution is -2.95. The first-order valence-electron chi connectivity index (χ1n) is 8.78. The van der Waals surface area contributed by atoms with Gasteiger partial charge in [-0.1, -0.05) is 53.7 Å². The second-order valence-corrected chi connectivity index (χ2v) is 6.45. The quantitative estimate of drug-likeness (QED) is 0.396. The SMILES string of the molecule is O=C([O-])C[C@H]([NH2+]C[C@H](O)CON=C1c2ccccc2-c2ccccc21)C(=O)[O-]. The van der Waals surface area contributed by atoms with Crippen LogP contribution in [0, 0.1) is 0 Å². The number of fused-ring (bicyclic) bond motifs is 3. The molecule has 0 spiro atoms. The van der Waals surface area contributed by atoms with E-state index in [1.54, 1.807) is 0 Å². The van der Waals surface area contributed by atoms with Gasteiger partial charge >= 0.3 is 0 Å². The van der Waals surface area contributed by atoms with E-state index in [2.05, 4.69) is 5.16 Å². The van der Waals surface area contributed by atoms with Gasteiger partial charge in [0.25, 0.3) is 0 Å². The number of carboxylic acids is 2. The Labute approximate surface area is 161 Å². The molecule has 8 nitrogen and oxygen atoms in total. The van der Waals surface area contributed by atoms with Crippen LogP contribution < -0.4 is 15.5 Å². The average Bonchev–Trinajstić information content (AvgIpc) is 2.99. The third-order valence-corrected chi connectivity index (χ3v) is 4.46. The van der Waals surface area contributed by atoms with Crippen LogP contribution in [0.15, 0.2) is 53.7 Å². The van der Waals surface area contributed by atoms with Gasteiger partial charge in [0.1, 0.15) is 31.0 Å². The molecular formula is C20H19N2O6-. The molecule has 1 aliphatic rings. The Hall–Kier alpha value is -3.23. The van der Waals surface area contributed by atoms with Gasteiger partial charge in [0.2, 0.25) is 0 Å². The average molecular weight is 383 g/mol. The lowest BCUT2D eigenvalue weighted by Gasteiger charge is -2.18. The van der Waals surface area contributed by atoms with Crippen molar-refractivity contribution in [1.29, 1.82) is 0 Å². The molecule has 0 bridgehead atoms. The summed E-state index contributed by atoms with van der Waals surface area (Å²) in [4.78, 5) is 26.7. The minimum atomic E-state index is -1.53. The number of carbonyl (C=O) groups is 2. The molecule has 0 fully saturated rings. The van der Waals surface area contributed by atoms with Crippen molar-refractivity contribution in [3.8, 4) is 11.1 Å². The Bertz CT molecular complexity index is 864. The minimum absolute atomic E-state index is 0.0794. The Morgan fingerprint density at radius 2 is 1.54 bits per heavy atom. The van der Waals surface area contributed by atoms with Crippen LogP contribution in [0.25, 0.3) is 11.1 Å². The summed E-state index contributed by atoms with van der Waals surface area (Å²) >= 11 is 0.